The third-order valence-electron chi connectivity index (χ3n) is 3.42. The molecule has 0 aromatic heterocycles. The van der Waals surface area contributed by atoms with Gasteiger partial charge in [0.15, 0.2) is 0 Å². The van der Waals surface area contributed by atoms with E-state index in [0.717, 1.165) is 0 Å². The van der Waals surface area contributed by atoms with E-state index in [-0.39, 0.29) is 12.7 Å². The molecule has 4 nitrogen and oxygen atoms in total. The number of carbonyl (C=O) groups excluding carboxylic acids is 2. The highest BCUT2D eigenvalue weighted by Crippen LogP contribution is 2.41. The number of ether oxygens (including phenoxy) is 2. The van der Waals surface area contributed by atoms with Crippen molar-refractivity contribution in [1.29, 1.82) is 0 Å². The van der Waals surface area contributed by atoms with Gasteiger partial charge in [-0.05, 0) is 13.0 Å². The van der Waals surface area contributed by atoms with E-state index < -0.39 is 11.6 Å². The summed E-state index contributed by atoms with van der Waals surface area (Å²) in [5, 5.41) is 0. The Bertz CT molecular complexity index is 654. The molecule has 0 saturated heterocycles. The summed E-state index contributed by atoms with van der Waals surface area (Å²) in [5.74, 6) is -0.0702. The standard InChI is InChI=1S/C16H14O4/c1-3-7-19-12-6-4-5-10-13(12)15(18)14(17)11-8-9(2)20-16(10)11/h3-6,9H,1,7-8H2,2H3/t9-/m1/s1. The second kappa shape index (κ2) is 4.63. The average molecular weight is 270 g/mol. The SMILES string of the molecule is C=CCOc1cccc2c1C(=O)C(=O)C1=C2O[C@H](C)C1. The molecule has 20 heavy (non-hydrogen) atoms. The van der Waals surface area contributed by atoms with Crippen molar-refractivity contribution < 1.29 is 19.1 Å². The first kappa shape index (κ1) is 12.7. The minimum Gasteiger partial charge on any atom is -0.489 e. The molecule has 1 aromatic rings. The molecule has 0 unspecified atom stereocenters. The zero-order chi connectivity index (χ0) is 14.3. The second-order valence-corrected chi connectivity index (χ2v) is 4.88. The monoisotopic (exact) mass is 270 g/mol. The molecule has 0 radical (unpaired) electrons. The van der Waals surface area contributed by atoms with E-state index in [2.05, 4.69) is 6.58 Å². The lowest BCUT2D eigenvalue weighted by molar-refractivity contribution is -0.112. The van der Waals surface area contributed by atoms with E-state index in [1.165, 1.54) is 0 Å². The van der Waals surface area contributed by atoms with E-state index in [0.29, 0.717) is 34.6 Å². The van der Waals surface area contributed by atoms with Crippen LogP contribution >= 0.6 is 0 Å². The molecule has 4 heteroatoms. The van der Waals surface area contributed by atoms with Crippen LogP contribution in [-0.2, 0) is 9.53 Å². The van der Waals surface area contributed by atoms with Crippen LogP contribution in [0.4, 0.5) is 0 Å². The maximum absolute atomic E-state index is 12.3. The Hall–Kier alpha value is -2.36. The largest absolute Gasteiger partial charge is 0.489 e. The van der Waals surface area contributed by atoms with Crippen molar-refractivity contribution >= 4 is 17.3 Å². The van der Waals surface area contributed by atoms with Gasteiger partial charge in [0.1, 0.15) is 24.2 Å². The Morgan fingerprint density at radius 3 is 2.95 bits per heavy atom. The van der Waals surface area contributed by atoms with Crippen molar-refractivity contribution in [2.24, 2.45) is 0 Å². The molecule has 1 atom stereocenters. The van der Waals surface area contributed by atoms with Crippen LogP contribution in [0.2, 0.25) is 0 Å². The van der Waals surface area contributed by atoms with Crippen molar-refractivity contribution in [2.45, 2.75) is 19.4 Å². The Kier molecular flexibility index (Phi) is 2.93. The van der Waals surface area contributed by atoms with Crippen LogP contribution in [0.15, 0.2) is 36.4 Å². The summed E-state index contributed by atoms with van der Waals surface area (Å²) < 4.78 is 11.2. The lowest BCUT2D eigenvalue weighted by atomic mass is 9.87. The van der Waals surface area contributed by atoms with Crippen LogP contribution in [0.3, 0.4) is 0 Å². The first-order valence-electron chi connectivity index (χ1n) is 6.49. The Balaban J connectivity index is 2.15. The van der Waals surface area contributed by atoms with Gasteiger partial charge in [0.25, 0.3) is 0 Å². The molecule has 0 saturated carbocycles. The Labute approximate surface area is 116 Å². The number of Topliss-reactive ketones (excluding diaryl/α,β-unsaturated/α-hetero) is 2. The lowest BCUT2D eigenvalue weighted by Gasteiger charge is -2.18. The minimum absolute atomic E-state index is 0.0829. The molecule has 2 aliphatic rings. The summed E-state index contributed by atoms with van der Waals surface area (Å²) in [6.45, 7) is 5.74. The van der Waals surface area contributed by atoms with E-state index in [4.69, 9.17) is 9.47 Å². The van der Waals surface area contributed by atoms with Crippen LogP contribution in [0, 0.1) is 0 Å². The summed E-state index contributed by atoms with van der Waals surface area (Å²) in [4.78, 5) is 24.5. The fraction of sp³-hybridized carbons (Fsp3) is 0.250. The lowest BCUT2D eigenvalue weighted by Crippen LogP contribution is -2.23. The summed E-state index contributed by atoms with van der Waals surface area (Å²) in [6, 6.07) is 5.25. The summed E-state index contributed by atoms with van der Waals surface area (Å²) in [6.07, 6.45) is 1.99. The van der Waals surface area contributed by atoms with Gasteiger partial charge >= 0.3 is 0 Å². The first-order valence-corrected chi connectivity index (χ1v) is 6.49. The molecule has 3 rings (SSSR count). The highest BCUT2D eigenvalue weighted by Gasteiger charge is 2.40. The Morgan fingerprint density at radius 2 is 2.20 bits per heavy atom. The topological polar surface area (TPSA) is 52.6 Å². The van der Waals surface area contributed by atoms with Crippen LogP contribution in [-0.4, -0.2) is 24.3 Å². The van der Waals surface area contributed by atoms with E-state index >= 15 is 0 Å². The normalized spacial score (nSPS) is 20.4. The van der Waals surface area contributed by atoms with Crippen LogP contribution < -0.4 is 4.74 Å². The predicted molar refractivity (Wildman–Crippen MR) is 73.6 cm³/mol. The highest BCUT2D eigenvalue weighted by atomic mass is 16.5. The third-order valence-corrected chi connectivity index (χ3v) is 3.42. The van der Waals surface area contributed by atoms with Gasteiger partial charge in [-0.3, -0.25) is 9.59 Å². The Morgan fingerprint density at radius 1 is 1.40 bits per heavy atom. The smallest absolute Gasteiger partial charge is 0.237 e. The molecule has 1 aliphatic heterocycles. The quantitative estimate of drug-likeness (QED) is 0.625. The zero-order valence-electron chi connectivity index (χ0n) is 11.1. The van der Waals surface area contributed by atoms with Crippen molar-refractivity contribution in [3.63, 3.8) is 0 Å². The predicted octanol–water partition coefficient (Wildman–Crippen LogP) is 2.54. The number of hydrogen-bond donors (Lipinski definition) is 0. The van der Waals surface area contributed by atoms with E-state index in [1.807, 2.05) is 6.92 Å². The molecule has 0 fully saturated rings. The van der Waals surface area contributed by atoms with Gasteiger partial charge in [-0.2, -0.15) is 0 Å². The van der Waals surface area contributed by atoms with Crippen LogP contribution in [0.5, 0.6) is 5.75 Å². The molecule has 0 N–H and O–H groups in total. The molecular weight excluding hydrogens is 256 g/mol. The highest BCUT2D eigenvalue weighted by molar-refractivity contribution is 6.52. The van der Waals surface area contributed by atoms with Gasteiger partial charge in [-0.1, -0.05) is 24.8 Å². The third kappa shape index (κ3) is 1.76. The molecule has 1 aromatic carbocycles. The van der Waals surface area contributed by atoms with Gasteiger partial charge < -0.3 is 9.47 Å². The second-order valence-electron chi connectivity index (χ2n) is 4.88. The summed E-state index contributed by atoms with van der Waals surface area (Å²) in [5.41, 5.74) is 1.43. The van der Waals surface area contributed by atoms with Crippen molar-refractivity contribution in [3.8, 4) is 5.75 Å². The number of benzene rings is 1. The van der Waals surface area contributed by atoms with Gasteiger partial charge in [0.05, 0.1) is 5.56 Å². The van der Waals surface area contributed by atoms with E-state index in [9.17, 15) is 9.59 Å². The summed E-state index contributed by atoms with van der Waals surface area (Å²) >= 11 is 0. The maximum Gasteiger partial charge on any atom is 0.237 e. The van der Waals surface area contributed by atoms with Crippen molar-refractivity contribution in [1.82, 2.24) is 0 Å². The van der Waals surface area contributed by atoms with Gasteiger partial charge in [0, 0.05) is 17.6 Å². The molecule has 1 aliphatic carbocycles. The number of carbonyl (C=O) groups is 2. The fourth-order valence-corrected chi connectivity index (χ4v) is 2.59. The molecular formula is C16H14O4. The number of hydrogen-bond acceptors (Lipinski definition) is 4. The molecule has 0 bridgehead atoms. The molecule has 1 heterocycles. The minimum atomic E-state index is -0.517. The average Bonchev–Trinajstić information content (AvgIpc) is 2.84. The fourth-order valence-electron chi connectivity index (χ4n) is 2.59. The van der Waals surface area contributed by atoms with Crippen molar-refractivity contribution in [2.75, 3.05) is 6.61 Å². The number of rotatable bonds is 3. The number of fused-ring (bicyclic) bond motifs is 2. The zero-order valence-corrected chi connectivity index (χ0v) is 11.1. The molecule has 0 spiro atoms. The van der Waals surface area contributed by atoms with Gasteiger partial charge in [-0.15, -0.1) is 0 Å². The van der Waals surface area contributed by atoms with E-state index in [1.54, 1.807) is 24.3 Å². The van der Waals surface area contributed by atoms with Gasteiger partial charge in [0.2, 0.25) is 11.6 Å². The summed E-state index contributed by atoms with van der Waals surface area (Å²) in [7, 11) is 0. The molecule has 0 amide bonds. The van der Waals surface area contributed by atoms with Crippen molar-refractivity contribution in [3.05, 3.63) is 47.6 Å². The van der Waals surface area contributed by atoms with Gasteiger partial charge in [-0.25, -0.2) is 0 Å². The van der Waals surface area contributed by atoms with Crippen LogP contribution in [0.1, 0.15) is 29.3 Å². The number of ketones is 2. The maximum atomic E-state index is 12.3. The van der Waals surface area contributed by atoms with Crippen LogP contribution in [0.25, 0.3) is 5.76 Å². The first-order chi connectivity index (χ1) is 9.63. The molecule has 102 valence electrons.